The number of nitrogens with two attached hydrogens (primary N) is 1. The van der Waals surface area contributed by atoms with E-state index in [0.29, 0.717) is 16.5 Å². The van der Waals surface area contributed by atoms with Crippen LogP contribution in [-0.4, -0.2) is 18.0 Å². The molecule has 0 aliphatic carbocycles. The van der Waals surface area contributed by atoms with Gasteiger partial charge < -0.3 is 5.73 Å². The number of azo groups is 1. The molecule has 1 heterocycles. The SMILES string of the molecule is CC.Nc1c(N=Nc2ccc(-c3ccccc3)nc2)cc(S(=O)(=O)O)c2ccccc12. The summed E-state index contributed by atoms with van der Waals surface area (Å²) in [6, 6.07) is 21.1. The summed E-state index contributed by atoms with van der Waals surface area (Å²) in [6.45, 7) is 4.00. The van der Waals surface area contributed by atoms with E-state index in [1.807, 2.05) is 50.2 Å². The Morgan fingerprint density at radius 3 is 2.13 bits per heavy atom. The summed E-state index contributed by atoms with van der Waals surface area (Å²) in [6.07, 6.45) is 1.56. The van der Waals surface area contributed by atoms with Gasteiger partial charge in [-0.3, -0.25) is 9.54 Å². The lowest BCUT2D eigenvalue weighted by Gasteiger charge is -2.09. The molecule has 0 aliphatic heterocycles. The number of aromatic nitrogens is 1. The number of hydrogen-bond donors (Lipinski definition) is 2. The molecular weight excluding hydrogens is 412 g/mol. The van der Waals surface area contributed by atoms with E-state index in [9.17, 15) is 13.0 Å². The second kappa shape index (κ2) is 9.46. The second-order valence-electron chi connectivity index (χ2n) is 6.30. The summed E-state index contributed by atoms with van der Waals surface area (Å²) in [4.78, 5) is 4.10. The van der Waals surface area contributed by atoms with E-state index in [-0.39, 0.29) is 16.3 Å². The Hall–Kier alpha value is -3.62. The zero-order valence-corrected chi connectivity index (χ0v) is 17.9. The fraction of sp³-hybridized carbons (Fsp3) is 0.0870. The van der Waals surface area contributed by atoms with Crippen molar-refractivity contribution in [3.63, 3.8) is 0 Å². The normalized spacial score (nSPS) is 11.3. The molecule has 0 bridgehead atoms. The van der Waals surface area contributed by atoms with Crippen LogP contribution in [0.25, 0.3) is 22.0 Å². The zero-order chi connectivity index (χ0) is 22.4. The average Bonchev–Trinajstić information content (AvgIpc) is 2.80. The van der Waals surface area contributed by atoms with E-state index in [4.69, 9.17) is 5.73 Å². The fourth-order valence-corrected chi connectivity index (χ4v) is 3.70. The summed E-state index contributed by atoms with van der Waals surface area (Å²) >= 11 is 0. The molecule has 0 aliphatic rings. The van der Waals surface area contributed by atoms with Crippen LogP contribution >= 0.6 is 0 Å². The lowest BCUT2D eigenvalue weighted by Crippen LogP contribution is -2.01. The molecule has 7 nitrogen and oxygen atoms in total. The van der Waals surface area contributed by atoms with E-state index >= 15 is 0 Å². The molecule has 31 heavy (non-hydrogen) atoms. The standard InChI is InChI=1S/C21H16N4O3S.C2H6/c22-21-17-9-5-4-8-16(17)20(29(26,27)28)12-19(21)25-24-15-10-11-18(23-13-15)14-6-2-1-3-7-14;1-2/h1-13H,22H2,(H,26,27,28);1-2H3. The Labute approximate surface area is 181 Å². The predicted molar refractivity (Wildman–Crippen MR) is 123 cm³/mol. The van der Waals surface area contributed by atoms with E-state index < -0.39 is 10.1 Å². The molecule has 4 rings (SSSR count). The van der Waals surface area contributed by atoms with Gasteiger partial charge >= 0.3 is 0 Å². The molecule has 3 N–H and O–H groups in total. The van der Waals surface area contributed by atoms with Crippen LogP contribution in [0.2, 0.25) is 0 Å². The van der Waals surface area contributed by atoms with Gasteiger partial charge in [0, 0.05) is 16.3 Å². The van der Waals surface area contributed by atoms with E-state index in [1.54, 1.807) is 36.5 Å². The van der Waals surface area contributed by atoms with Crippen molar-refractivity contribution in [1.29, 1.82) is 0 Å². The van der Waals surface area contributed by atoms with Crippen LogP contribution in [0.5, 0.6) is 0 Å². The number of nitrogen functional groups attached to an aromatic ring is 1. The highest BCUT2D eigenvalue weighted by molar-refractivity contribution is 7.86. The summed E-state index contributed by atoms with van der Waals surface area (Å²) in [5, 5.41) is 8.98. The monoisotopic (exact) mass is 434 g/mol. The van der Waals surface area contributed by atoms with Crippen molar-refractivity contribution in [2.75, 3.05) is 5.73 Å². The maximum atomic E-state index is 11.8. The Bertz CT molecular complexity index is 1320. The lowest BCUT2D eigenvalue weighted by atomic mass is 10.1. The molecule has 3 aromatic carbocycles. The molecule has 0 unspecified atom stereocenters. The minimum atomic E-state index is -4.46. The second-order valence-corrected chi connectivity index (χ2v) is 7.69. The number of pyridine rings is 1. The Balaban J connectivity index is 0.00000132. The highest BCUT2D eigenvalue weighted by Crippen LogP contribution is 2.36. The molecule has 0 atom stereocenters. The summed E-state index contributed by atoms with van der Waals surface area (Å²) in [5.74, 6) is 0. The van der Waals surface area contributed by atoms with Gasteiger partial charge in [-0.05, 0) is 18.2 Å². The van der Waals surface area contributed by atoms with Gasteiger partial charge in [0.05, 0.1) is 17.6 Å². The first-order valence-electron chi connectivity index (χ1n) is 9.65. The third kappa shape index (κ3) is 4.93. The van der Waals surface area contributed by atoms with Crippen molar-refractivity contribution in [1.82, 2.24) is 4.98 Å². The highest BCUT2D eigenvalue weighted by Gasteiger charge is 2.18. The molecule has 4 aromatic rings. The van der Waals surface area contributed by atoms with Crippen LogP contribution in [0, 0.1) is 0 Å². The molecule has 8 heteroatoms. The third-order valence-corrected chi connectivity index (χ3v) is 5.29. The molecule has 0 saturated heterocycles. The first kappa shape index (κ1) is 22.1. The van der Waals surface area contributed by atoms with Crippen LogP contribution in [-0.2, 0) is 10.1 Å². The van der Waals surface area contributed by atoms with Gasteiger partial charge in [0.15, 0.2) is 0 Å². The Morgan fingerprint density at radius 2 is 1.52 bits per heavy atom. The van der Waals surface area contributed by atoms with E-state index in [2.05, 4.69) is 15.2 Å². The van der Waals surface area contributed by atoms with Gasteiger partial charge in [0.1, 0.15) is 16.3 Å². The highest BCUT2D eigenvalue weighted by atomic mass is 32.2. The topological polar surface area (TPSA) is 118 Å². The van der Waals surface area contributed by atoms with Gasteiger partial charge in [-0.25, -0.2) is 0 Å². The number of anilines is 1. The molecule has 0 fully saturated rings. The van der Waals surface area contributed by atoms with Gasteiger partial charge in [-0.2, -0.15) is 8.42 Å². The molecule has 1 aromatic heterocycles. The summed E-state index contributed by atoms with van der Waals surface area (Å²) < 4.78 is 33.2. The van der Waals surface area contributed by atoms with Gasteiger partial charge in [-0.15, -0.1) is 10.2 Å². The Morgan fingerprint density at radius 1 is 0.871 bits per heavy atom. The number of rotatable bonds is 4. The number of benzene rings is 3. The lowest BCUT2D eigenvalue weighted by molar-refractivity contribution is 0.484. The van der Waals surface area contributed by atoms with Gasteiger partial charge in [0.25, 0.3) is 10.1 Å². The van der Waals surface area contributed by atoms with Crippen molar-refractivity contribution in [2.24, 2.45) is 10.2 Å². The average molecular weight is 435 g/mol. The number of nitrogens with zero attached hydrogens (tertiary/aromatic N) is 3. The number of hydrogen-bond acceptors (Lipinski definition) is 6. The summed E-state index contributed by atoms with van der Waals surface area (Å²) in [5.41, 5.74) is 8.81. The van der Waals surface area contributed by atoms with Gasteiger partial charge in [0.2, 0.25) is 0 Å². The van der Waals surface area contributed by atoms with Crippen LogP contribution < -0.4 is 5.73 Å². The number of fused-ring (bicyclic) bond motifs is 1. The largest absolute Gasteiger partial charge is 0.396 e. The quantitative estimate of drug-likeness (QED) is 0.226. The van der Waals surface area contributed by atoms with Crippen LogP contribution in [0.1, 0.15) is 13.8 Å². The summed E-state index contributed by atoms with van der Waals surface area (Å²) in [7, 11) is -4.46. The molecule has 158 valence electrons. The fourth-order valence-electron chi connectivity index (χ4n) is 2.98. The predicted octanol–water partition coefficient (Wildman–Crippen LogP) is 6.17. The molecule has 0 radical (unpaired) electrons. The molecule has 0 amide bonds. The Kier molecular flexibility index (Phi) is 6.74. The van der Waals surface area contributed by atoms with Crippen molar-refractivity contribution in [2.45, 2.75) is 18.7 Å². The zero-order valence-electron chi connectivity index (χ0n) is 17.1. The first-order chi connectivity index (χ1) is 14.9. The molecule has 0 spiro atoms. The van der Waals surface area contributed by atoms with Crippen molar-refractivity contribution in [3.8, 4) is 11.3 Å². The molecule has 0 saturated carbocycles. The van der Waals surface area contributed by atoms with Crippen molar-refractivity contribution in [3.05, 3.63) is 79.0 Å². The van der Waals surface area contributed by atoms with Crippen molar-refractivity contribution >= 4 is 38.0 Å². The third-order valence-electron chi connectivity index (χ3n) is 4.39. The van der Waals surface area contributed by atoms with Crippen LogP contribution in [0.15, 0.2) is 94.1 Å². The van der Waals surface area contributed by atoms with Gasteiger partial charge in [-0.1, -0.05) is 68.4 Å². The molecular formula is C23H22N4O3S. The van der Waals surface area contributed by atoms with E-state index in [0.717, 1.165) is 11.3 Å². The van der Waals surface area contributed by atoms with Crippen LogP contribution in [0.4, 0.5) is 17.1 Å². The maximum absolute atomic E-state index is 11.8. The first-order valence-corrected chi connectivity index (χ1v) is 11.1. The van der Waals surface area contributed by atoms with Crippen molar-refractivity contribution < 1.29 is 13.0 Å². The minimum Gasteiger partial charge on any atom is -0.396 e. The smallest absolute Gasteiger partial charge is 0.295 e. The van der Waals surface area contributed by atoms with E-state index in [1.165, 1.54) is 6.07 Å². The maximum Gasteiger partial charge on any atom is 0.295 e. The van der Waals surface area contributed by atoms with Crippen LogP contribution in [0.3, 0.4) is 0 Å². The minimum absolute atomic E-state index is 0.142.